The zero-order valence-electron chi connectivity index (χ0n) is 9.03. The molecular weight excluding hydrogens is 272 g/mol. The molecule has 0 aliphatic carbocycles. The Morgan fingerprint density at radius 2 is 1.88 bits per heavy atom. The average Bonchev–Trinajstić information content (AvgIpc) is 2.29. The van der Waals surface area contributed by atoms with E-state index in [1.807, 2.05) is 4.72 Å². The lowest BCUT2D eigenvalue weighted by Gasteiger charge is -2.28. The molecule has 0 saturated carbocycles. The lowest BCUT2D eigenvalue weighted by Crippen LogP contribution is -2.47. The summed E-state index contributed by atoms with van der Waals surface area (Å²) < 4.78 is 48.8. The lowest BCUT2D eigenvalue weighted by molar-refractivity contribution is 0.229. The van der Waals surface area contributed by atoms with Gasteiger partial charge in [0.2, 0.25) is 0 Å². The number of hydrogen-bond acceptors (Lipinski definition) is 2. The van der Waals surface area contributed by atoms with Gasteiger partial charge in [-0.15, -0.1) is 11.6 Å². The first-order chi connectivity index (χ1) is 7.82. The second-order valence-electron chi connectivity index (χ2n) is 3.74. The van der Waals surface area contributed by atoms with Gasteiger partial charge in [0.05, 0.1) is 5.54 Å². The molecule has 1 N–H and O–H groups in total. The molecule has 0 bridgehead atoms. The van der Waals surface area contributed by atoms with Crippen LogP contribution in [0.15, 0.2) is 30.3 Å². The molecular formula is C10H12ClF2NO2S. The van der Waals surface area contributed by atoms with Gasteiger partial charge in [-0.05, 0) is 12.5 Å². The summed E-state index contributed by atoms with van der Waals surface area (Å²) in [5.41, 5.74) is -0.725. The molecule has 0 aliphatic rings. The Labute approximate surface area is 104 Å². The number of alkyl halides is 3. The second-order valence-corrected chi connectivity index (χ2v) is 5.66. The number of hydrogen-bond donors (Lipinski definition) is 1. The van der Waals surface area contributed by atoms with Gasteiger partial charge in [-0.2, -0.15) is 13.5 Å². The van der Waals surface area contributed by atoms with E-state index in [2.05, 4.69) is 0 Å². The minimum Gasteiger partial charge on any atom is -0.206 e. The van der Waals surface area contributed by atoms with Crippen molar-refractivity contribution in [2.24, 2.45) is 0 Å². The van der Waals surface area contributed by atoms with Crippen molar-refractivity contribution >= 4 is 21.6 Å². The predicted molar refractivity (Wildman–Crippen MR) is 62.6 cm³/mol. The van der Waals surface area contributed by atoms with Crippen LogP contribution in [0.25, 0.3) is 0 Å². The molecule has 0 aliphatic heterocycles. The van der Waals surface area contributed by atoms with Crippen molar-refractivity contribution in [2.45, 2.75) is 18.2 Å². The van der Waals surface area contributed by atoms with Gasteiger partial charge in [0, 0.05) is 5.88 Å². The van der Waals surface area contributed by atoms with Crippen molar-refractivity contribution in [3.8, 4) is 0 Å². The Balaban J connectivity index is 3.07. The number of benzene rings is 1. The third-order valence-corrected chi connectivity index (χ3v) is 4.02. The smallest absolute Gasteiger partial charge is 0.206 e. The van der Waals surface area contributed by atoms with E-state index >= 15 is 0 Å². The van der Waals surface area contributed by atoms with E-state index in [-0.39, 0.29) is 5.88 Å². The zero-order chi connectivity index (χ0) is 13.1. The number of halogens is 3. The van der Waals surface area contributed by atoms with E-state index in [0.29, 0.717) is 5.56 Å². The van der Waals surface area contributed by atoms with Crippen LogP contribution in [0.5, 0.6) is 0 Å². The molecule has 1 aromatic carbocycles. The van der Waals surface area contributed by atoms with Crippen molar-refractivity contribution in [3.63, 3.8) is 0 Å². The molecule has 1 unspecified atom stereocenters. The van der Waals surface area contributed by atoms with E-state index in [9.17, 15) is 17.2 Å². The van der Waals surface area contributed by atoms with Crippen molar-refractivity contribution in [1.29, 1.82) is 0 Å². The first-order valence-corrected chi connectivity index (χ1v) is 6.82. The van der Waals surface area contributed by atoms with Crippen LogP contribution in [-0.4, -0.2) is 20.1 Å². The summed E-state index contributed by atoms with van der Waals surface area (Å²) in [6.45, 7) is 1.45. The summed E-state index contributed by atoms with van der Waals surface area (Å²) in [6.07, 6.45) is 0. The normalized spacial score (nSPS) is 15.8. The van der Waals surface area contributed by atoms with E-state index in [1.165, 1.54) is 6.92 Å². The quantitative estimate of drug-likeness (QED) is 0.843. The molecule has 1 atom stereocenters. The number of nitrogens with one attached hydrogen (secondary N) is 1. The number of rotatable bonds is 5. The molecule has 17 heavy (non-hydrogen) atoms. The molecule has 1 rings (SSSR count). The molecule has 3 nitrogen and oxygen atoms in total. The Kier molecular flexibility index (Phi) is 4.46. The fourth-order valence-corrected chi connectivity index (χ4v) is 2.54. The summed E-state index contributed by atoms with van der Waals surface area (Å²) in [6, 6.07) is 8.33. The molecule has 0 aromatic heterocycles. The first-order valence-electron chi connectivity index (χ1n) is 4.74. The summed E-state index contributed by atoms with van der Waals surface area (Å²) in [4.78, 5) is 0. The monoisotopic (exact) mass is 283 g/mol. The lowest BCUT2D eigenvalue weighted by atomic mass is 9.96. The highest BCUT2D eigenvalue weighted by molar-refractivity contribution is 7.89. The molecule has 0 heterocycles. The second kappa shape index (κ2) is 5.29. The molecule has 0 amide bonds. The maximum Gasteiger partial charge on any atom is 0.350 e. The Morgan fingerprint density at radius 3 is 2.29 bits per heavy atom. The molecule has 1 aromatic rings. The van der Waals surface area contributed by atoms with Crippen LogP contribution in [-0.2, 0) is 15.6 Å². The maximum absolute atomic E-state index is 12.3. The predicted octanol–water partition coefficient (Wildman–Crippen LogP) is 2.28. The van der Waals surface area contributed by atoms with Gasteiger partial charge < -0.3 is 0 Å². The average molecular weight is 284 g/mol. The summed E-state index contributed by atoms with van der Waals surface area (Å²) in [5.74, 6) is -3.63. The van der Waals surface area contributed by atoms with Gasteiger partial charge in [-0.25, -0.2) is 8.42 Å². The minimum absolute atomic E-state index is 0.150. The van der Waals surface area contributed by atoms with Crippen LogP contribution in [0.3, 0.4) is 0 Å². The van der Waals surface area contributed by atoms with Crippen LogP contribution < -0.4 is 4.72 Å². The van der Waals surface area contributed by atoms with Crippen LogP contribution >= 0.6 is 11.6 Å². The Bertz CT molecular complexity index is 466. The first kappa shape index (κ1) is 14.3. The summed E-state index contributed by atoms with van der Waals surface area (Å²) >= 11 is 5.68. The van der Waals surface area contributed by atoms with Crippen LogP contribution in [0.1, 0.15) is 12.5 Å². The summed E-state index contributed by atoms with van der Waals surface area (Å²) in [7, 11) is -4.68. The Morgan fingerprint density at radius 1 is 1.35 bits per heavy atom. The highest BCUT2D eigenvalue weighted by atomic mass is 35.5. The van der Waals surface area contributed by atoms with Crippen molar-refractivity contribution in [2.75, 3.05) is 5.88 Å². The van der Waals surface area contributed by atoms with E-state index < -0.39 is 21.3 Å². The van der Waals surface area contributed by atoms with Gasteiger partial charge in [0.1, 0.15) is 0 Å². The van der Waals surface area contributed by atoms with Crippen LogP contribution in [0.4, 0.5) is 8.78 Å². The van der Waals surface area contributed by atoms with Gasteiger partial charge >= 0.3 is 5.76 Å². The van der Waals surface area contributed by atoms with E-state index in [4.69, 9.17) is 11.6 Å². The third-order valence-electron chi connectivity index (χ3n) is 2.28. The molecule has 0 saturated heterocycles. The van der Waals surface area contributed by atoms with Crippen molar-refractivity contribution in [1.82, 2.24) is 4.72 Å². The van der Waals surface area contributed by atoms with Gasteiger partial charge in [-0.3, -0.25) is 0 Å². The van der Waals surface area contributed by atoms with Crippen LogP contribution in [0.2, 0.25) is 0 Å². The van der Waals surface area contributed by atoms with E-state index in [1.54, 1.807) is 30.3 Å². The Hall–Kier alpha value is -0.720. The third kappa shape index (κ3) is 3.37. The standard InChI is InChI=1S/C10H12ClF2NO2S/c1-10(7-11,8-5-3-2-4-6-8)14-17(15,16)9(12)13/h2-6,9,14H,7H2,1H3. The highest BCUT2D eigenvalue weighted by Gasteiger charge is 2.35. The molecule has 0 spiro atoms. The summed E-state index contributed by atoms with van der Waals surface area (Å²) in [5, 5.41) is 0. The van der Waals surface area contributed by atoms with Crippen LogP contribution in [0, 0.1) is 0 Å². The maximum atomic E-state index is 12.3. The molecule has 7 heteroatoms. The van der Waals surface area contributed by atoms with Gasteiger partial charge in [0.15, 0.2) is 0 Å². The minimum atomic E-state index is -4.68. The fraction of sp³-hybridized carbons (Fsp3) is 0.400. The zero-order valence-corrected chi connectivity index (χ0v) is 10.6. The fourth-order valence-electron chi connectivity index (χ4n) is 1.33. The van der Waals surface area contributed by atoms with Crippen molar-refractivity contribution < 1.29 is 17.2 Å². The van der Waals surface area contributed by atoms with Gasteiger partial charge in [0.25, 0.3) is 10.0 Å². The van der Waals surface area contributed by atoms with E-state index in [0.717, 1.165) is 0 Å². The topological polar surface area (TPSA) is 46.2 Å². The largest absolute Gasteiger partial charge is 0.350 e. The van der Waals surface area contributed by atoms with Crippen molar-refractivity contribution in [3.05, 3.63) is 35.9 Å². The molecule has 0 radical (unpaired) electrons. The molecule has 96 valence electrons. The number of sulfonamides is 1. The SMILES string of the molecule is CC(CCl)(NS(=O)(=O)C(F)F)c1ccccc1. The highest BCUT2D eigenvalue weighted by Crippen LogP contribution is 2.24. The molecule has 0 fully saturated rings. The van der Waals surface area contributed by atoms with Gasteiger partial charge in [-0.1, -0.05) is 30.3 Å².